The average Bonchev–Trinajstić information content (AvgIpc) is 3.14. The van der Waals surface area contributed by atoms with Crippen LogP contribution in [0.15, 0.2) is 30.3 Å². The number of aliphatic carboxylic acids is 1. The van der Waals surface area contributed by atoms with Gasteiger partial charge in [-0.15, -0.1) is 0 Å². The molecule has 1 aliphatic carbocycles. The van der Waals surface area contributed by atoms with Gasteiger partial charge in [-0.05, 0) is 69.2 Å². The van der Waals surface area contributed by atoms with Crippen LogP contribution in [-0.4, -0.2) is 47.5 Å². The normalized spacial score (nSPS) is 20.9. The number of nitrogen functional groups attached to an aromatic ring is 1. The molecule has 40 heavy (non-hydrogen) atoms. The highest BCUT2D eigenvalue weighted by Gasteiger charge is 2.41. The molecule has 2 aromatic heterocycles. The van der Waals surface area contributed by atoms with Crippen LogP contribution >= 0.6 is 0 Å². The number of hydrogen-bond acceptors (Lipinski definition) is 8. The fourth-order valence-electron chi connectivity index (χ4n) is 5.88. The standard InChI is InChI=1S/C29H39N5O5S/c1-17-15-29(5,6)33(16-17)25-21(26(35)34(40(38)39)23-9-7-8-22(30)31-23)14-20(24(32-25)28(2,3)4)18-10-12-19(13-11-18)27(36)37/h7-10,14,17,19,40H,11-13,15-16H2,1-6H3,(H2,30,31)(H,36,37). The number of carbonyl (C=O) groups is 2. The van der Waals surface area contributed by atoms with Crippen molar-refractivity contribution in [2.45, 2.75) is 78.2 Å². The third-order valence-corrected chi connectivity index (χ3v) is 8.42. The third-order valence-electron chi connectivity index (χ3n) is 7.71. The molecule has 0 aromatic carbocycles. The van der Waals surface area contributed by atoms with E-state index in [1.54, 1.807) is 12.1 Å². The van der Waals surface area contributed by atoms with Crippen molar-refractivity contribution >= 4 is 45.8 Å². The second-order valence-corrected chi connectivity index (χ2v) is 13.4. The van der Waals surface area contributed by atoms with E-state index in [-0.39, 0.29) is 22.7 Å². The van der Waals surface area contributed by atoms with Crippen molar-refractivity contribution in [1.82, 2.24) is 9.97 Å². The Balaban J connectivity index is 1.98. The maximum atomic E-state index is 14.2. The number of amides is 1. The summed E-state index contributed by atoms with van der Waals surface area (Å²) in [5.41, 5.74) is 7.65. The monoisotopic (exact) mass is 569 g/mol. The zero-order valence-electron chi connectivity index (χ0n) is 24.0. The molecule has 3 heterocycles. The minimum Gasteiger partial charge on any atom is -0.481 e. The van der Waals surface area contributed by atoms with Crippen molar-refractivity contribution < 1.29 is 23.1 Å². The number of aromatic nitrogens is 2. The number of carboxylic acid groups (broad SMARTS) is 1. The summed E-state index contributed by atoms with van der Waals surface area (Å²) in [6.45, 7) is 13.1. The van der Waals surface area contributed by atoms with E-state index < -0.39 is 34.1 Å². The lowest BCUT2D eigenvalue weighted by Gasteiger charge is -2.36. The predicted molar refractivity (Wildman–Crippen MR) is 157 cm³/mol. The van der Waals surface area contributed by atoms with E-state index in [1.165, 1.54) is 12.1 Å². The van der Waals surface area contributed by atoms with Crippen LogP contribution in [0.3, 0.4) is 0 Å². The van der Waals surface area contributed by atoms with Gasteiger partial charge in [0.25, 0.3) is 5.91 Å². The molecule has 1 amide bonds. The molecule has 2 unspecified atom stereocenters. The molecule has 216 valence electrons. The van der Waals surface area contributed by atoms with Crippen molar-refractivity contribution in [3.8, 4) is 0 Å². The Morgan fingerprint density at radius 3 is 2.40 bits per heavy atom. The first-order valence-corrected chi connectivity index (χ1v) is 14.7. The van der Waals surface area contributed by atoms with E-state index >= 15 is 0 Å². The fraction of sp³-hybridized carbons (Fsp3) is 0.517. The van der Waals surface area contributed by atoms with Crippen molar-refractivity contribution in [1.29, 1.82) is 0 Å². The zero-order chi connectivity index (χ0) is 29.6. The molecule has 2 aromatic rings. The molecule has 3 N–H and O–H groups in total. The lowest BCUT2D eigenvalue weighted by molar-refractivity contribution is -0.141. The molecule has 1 saturated heterocycles. The van der Waals surface area contributed by atoms with Crippen LogP contribution in [-0.2, 0) is 21.1 Å². The van der Waals surface area contributed by atoms with Crippen LogP contribution in [0.1, 0.15) is 88.8 Å². The van der Waals surface area contributed by atoms with Gasteiger partial charge in [0, 0.05) is 23.1 Å². The molecule has 11 heteroatoms. The second kappa shape index (κ2) is 10.8. The highest BCUT2D eigenvalue weighted by atomic mass is 32.2. The van der Waals surface area contributed by atoms with Crippen molar-refractivity contribution in [3.05, 3.63) is 47.2 Å². The summed E-state index contributed by atoms with van der Waals surface area (Å²) in [5.74, 6) is -1.29. The molecular weight excluding hydrogens is 530 g/mol. The summed E-state index contributed by atoms with van der Waals surface area (Å²) in [6.07, 6.45) is 4.15. The van der Waals surface area contributed by atoms with E-state index in [2.05, 4.69) is 30.7 Å². The highest BCUT2D eigenvalue weighted by molar-refractivity contribution is 7.75. The summed E-state index contributed by atoms with van der Waals surface area (Å²) in [5, 5.41) is 9.50. The van der Waals surface area contributed by atoms with Crippen LogP contribution in [0, 0.1) is 11.8 Å². The number of anilines is 3. The number of hydrogen-bond donors (Lipinski definition) is 3. The molecule has 1 fully saturated rings. The van der Waals surface area contributed by atoms with Gasteiger partial charge in [0.15, 0.2) is 5.82 Å². The van der Waals surface area contributed by atoms with Gasteiger partial charge >= 0.3 is 5.97 Å². The van der Waals surface area contributed by atoms with Gasteiger partial charge in [-0.3, -0.25) is 9.59 Å². The number of pyridine rings is 2. The third kappa shape index (κ3) is 5.84. The Morgan fingerprint density at radius 1 is 1.20 bits per heavy atom. The van der Waals surface area contributed by atoms with Crippen LogP contribution in [0.5, 0.6) is 0 Å². The number of allylic oxidation sites excluding steroid dienone is 2. The molecule has 0 radical (unpaired) electrons. The zero-order valence-corrected chi connectivity index (χ0v) is 24.9. The highest BCUT2D eigenvalue weighted by Crippen LogP contribution is 2.42. The molecular formula is C29H39N5O5S. The number of nitrogens with zero attached hydrogens (tertiary/aromatic N) is 4. The number of rotatable bonds is 6. The number of thiol groups is 1. The van der Waals surface area contributed by atoms with Gasteiger partial charge in [-0.1, -0.05) is 39.8 Å². The Hall–Kier alpha value is -3.47. The van der Waals surface area contributed by atoms with E-state index in [0.717, 1.165) is 23.3 Å². The van der Waals surface area contributed by atoms with Gasteiger partial charge in [0.1, 0.15) is 11.6 Å². The lowest BCUT2D eigenvalue weighted by atomic mass is 9.80. The molecule has 2 aliphatic rings. The quantitative estimate of drug-likeness (QED) is 0.430. The molecule has 4 rings (SSSR count). The van der Waals surface area contributed by atoms with E-state index in [1.807, 2.05) is 26.8 Å². The first-order chi connectivity index (χ1) is 18.6. The van der Waals surface area contributed by atoms with E-state index in [0.29, 0.717) is 41.8 Å². The van der Waals surface area contributed by atoms with Crippen LogP contribution in [0.25, 0.3) is 5.57 Å². The molecule has 0 spiro atoms. The SMILES string of the molecule is CC1CN(c2nc(C(C)(C)C)c(C3=CCC(C(=O)O)CC3)cc2C(=O)N(c2cccc(N)n2)[SH](=O)=O)C(C)(C)C1. The number of nitrogens with two attached hydrogens (primary N) is 1. The van der Waals surface area contributed by atoms with Gasteiger partial charge in [0.2, 0.25) is 10.9 Å². The average molecular weight is 570 g/mol. The van der Waals surface area contributed by atoms with Crippen LogP contribution in [0.2, 0.25) is 0 Å². The Labute approximate surface area is 237 Å². The Morgan fingerprint density at radius 2 is 1.90 bits per heavy atom. The molecule has 0 saturated carbocycles. The van der Waals surface area contributed by atoms with Crippen molar-refractivity contribution in [3.63, 3.8) is 0 Å². The summed E-state index contributed by atoms with van der Waals surface area (Å²) >= 11 is 0. The molecule has 2 atom stereocenters. The second-order valence-electron chi connectivity index (χ2n) is 12.6. The summed E-state index contributed by atoms with van der Waals surface area (Å²) in [4.78, 5) is 37.1. The van der Waals surface area contributed by atoms with E-state index in [9.17, 15) is 23.1 Å². The maximum absolute atomic E-state index is 14.2. The Kier molecular flexibility index (Phi) is 7.99. The molecule has 1 aliphatic heterocycles. The Bertz CT molecular complexity index is 1430. The molecule has 0 bridgehead atoms. The van der Waals surface area contributed by atoms with E-state index in [4.69, 9.17) is 10.7 Å². The first kappa shape index (κ1) is 29.5. The molecule has 10 nitrogen and oxygen atoms in total. The van der Waals surface area contributed by atoms with Crippen LogP contribution < -0.4 is 14.9 Å². The smallest absolute Gasteiger partial charge is 0.306 e. The summed E-state index contributed by atoms with van der Waals surface area (Å²) in [6, 6.07) is 6.23. The summed E-state index contributed by atoms with van der Waals surface area (Å²) in [7, 11) is -3.40. The topological polar surface area (TPSA) is 147 Å². The maximum Gasteiger partial charge on any atom is 0.306 e. The first-order valence-electron chi connectivity index (χ1n) is 13.6. The van der Waals surface area contributed by atoms with Crippen LogP contribution in [0.4, 0.5) is 17.5 Å². The summed E-state index contributed by atoms with van der Waals surface area (Å²) < 4.78 is 25.7. The van der Waals surface area contributed by atoms with Gasteiger partial charge in [0.05, 0.1) is 17.2 Å². The number of carboxylic acids is 1. The van der Waals surface area contributed by atoms with Gasteiger partial charge in [-0.25, -0.2) is 18.4 Å². The lowest BCUT2D eigenvalue weighted by Crippen LogP contribution is -2.41. The predicted octanol–water partition coefficient (Wildman–Crippen LogP) is 4.42. The van der Waals surface area contributed by atoms with Gasteiger partial charge in [-0.2, -0.15) is 4.31 Å². The fourth-order valence-corrected chi connectivity index (χ4v) is 6.41. The number of carbonyl (C=O) groups excluding carboxylic acids is 1. The van der Waals surface area contributed by atoms with Crippen molar-refractivity contribution in [2.75, 3.05) is 21.5 Å². The minimum atomic E-state index is -3.40. The van der Waals surface area contributed by atoms with Crippen molar-refractivity contribution in [2.24, 2.45) is 11.8 Å². The largest absolute Gasteiger partial charge is 0.481 e. The van der Waals surface area contributed by atoms with Gasteiger partial charge < -0.3 is 15.7 Å². The minimum absolute atomic E-state index is 0.0871.